The van der Waals surface area contributed by atoms with Gasteiger partial charge in [-0.15, -0.1) is 0 Å². The Morgan fingerprint density at radius 3 is 2.64 bits per heavy atom. The first kappa shape index (κ1) is 17.2. The molecule has 1 aliphatic carbocycles. The fraction of sp³-hybridized carbons (Fsp3) is 0.632. The normalized spacial score (nSPS) is 22.8. The van der Waals surface area contributed by atoms with E-state index >= 15 is 0 Å². The Balaban J connectivity index is 2.01. The zero-order valence-electron chi connectivity index (χ0n) is 14.0. The summed E-state index contributed by atoms with van der Waals surface area (Å²) in [4.78, 5) is 14.0. The van der Waals surface area contributed by atoms with Crippen molar-refractivity contribution in [1.82, 2.24) is 4.90 Å². The molecule has 1 saturated carbocycles. The average molecular weight is 303 g/mol. The van der Waals surface area contributed by atoms with E-state index in [1.165, 1.54) is 5.56 Å². The maximum Gasteiger partial charge on any atom is 0.133 e. The number of carbonyl (C=O) groups is 1. The van der Waals surface area contributed by atoms with Crippen molar-refractivity contribution in [3.05, 3.63) is 35.9 Å². The van der Waals surface area contributed by atoms with Crippen LogP contribution in [0.1, 0.15) is 44.1 Å². The maximum atomic E-state index is 11.8. The molecule has 2 rings (SSSR count). The molecule has 1 atom stereocenters. The van der Waals surface area contributed by atoms with E-state index in [-0.39, 0.29) is 5.60 Å². The van der Waals surface area contributed by atoms with Crippen LogP contribution in [-0.4, -0.2) is 43.5 Å². The number of rotatable bonds is 7. The minimum Gasteiger partial charge on any atom is -0.375 e. The molecule has 22 heavy (non-hydrogen) atoms. The van der Waals surface area contributed by atoms with Gasteiger partial charge < -0.3 is 9.64 Å². The number of hydrogen-bond donors (Lipinski definition) is 0. The number of ketones is 1. The van der Waals surface area contributed by atoms with Crippen LogP contribution in [0.3, 0.4) is 0 Å². The highest BCUT2D eigenvalue weighted by molar-refractivity contribution is 5.78. The van der Waals surface area contributed by atoms with Gasteiger partial charge in [0.25, 0.3) is 0 Å². The van der Waals surface area contributed by atoms with Crippen LogP contribution in [0.5, 0.6) is 0 Å². The molecule has 1 fully saturated rings. The predicted octanol–water partition coefficient (Wildman–Crippen LogP) is 3.47. The van der Waals surface area contributed by atoms with Crippen LogP contribution in [0.25, 0.3) is 0 Å². The summed E-state index contributed by atoms with van der Waals surface area (Å²) in [5, 5.41) is 0. The molecule has 0 aromatic heterocycles. The van der Waals surface area contributed by atoms with Gasteiger partial charge in [0.15, 0.2) is 0 Å². The summed E-state index contributed by atoms with van der Waals surface area (Å²) in [5.74, 6) is 0.395. The van der Waals surface area contributed by atoms with Crippen LogP contribution in [0.2, 0.25) is 0 Å². The molecule has 3 nitrogen and oxygen atoms in total. The second-order valence-corrected chi connectivity index (χ2v) is 6.74. The smallest absolute Gasteiger partial charge is 0.133 e. The molecule has 0 heterocycles. The summed E-state index contributed by atoms with van der Waals surface area (Å²) >= 11 is 0. The number of benzene rings is 1. The molecule has 0 aliphatic heterocycles. The second kappa shape index (κ2) is 8.44. The Kier molecular flexibility index (Phi) is 6.59. The van der Waals surface area contributed by atoms with E-state index < -0.39 is 0 Å². The molecule has 0 radical (unpaired) electrons. The Hall–Kier alpha value is -1.19. The second-order valence-electron chi connectivity index (χ2n) is 6.74. The first-order chi connectivity index (χ1) is 10.6. The van der Waals surface area contributed by atoms with Crippen LogP contribution in [0.15, 0.2) is 30.3 Å². The van der Waals surface area contributed by atoms with Crippen molar-refractivity contribution < 1.29 is 9.53 Å². The summed E-state index contributed by atoms with van der Waals surface area (Å²) < 4.78 is 6.37. The molecular weight excluding hydrogens is 274 g/mol. The molecule has 0 N–H and O–H groups in total. The molecule has 1 aromatic carbocycles. The summed E-state index contributed by atoms with van der Waals surface area (Å²) in [6.45, 7) is 1.82. The predicted molar refractivity (Wildman–Crippen MR) is 90.1 cm³/mol. The molecule has 0 spiro atoms. The van der Waals surface area contributed by atoms with E-state index in [2.05, 4.69) is 43.3 Å². The molecule has 1 aliphatic rings. The van der Waals surface area contributed by atoms with Crippen LogP contribution in [-0.2, 0) is 16.0 Å². The molecule has 3 heteroatoms. The van der Waals surface area contributed by atoms with Crippen molar-refractivity contribution in [2.75, 3.05) is 27.2 Å². The van der Waals surface area contributed by atoms with Crippen LogP contribution < -0.4 is 0 Å². The van der Waals surface area contributed by atoms with E-state index in [1.807, 2.05) is 6.07 Å². The quantitative estimate of drug-likeness (QED) is 0.570. The molecule has 1 unspecified atom stereocenters. The van der Waals surface area contributed by atoms with Crippen molar-refractivity contribution in [2.45, 2.75) is 50.5 Å². The van der Waals surface area contributed by atoms with Crippen molar-refractivity contribution in [3.8, 4) is 0 Å². The van der Waals surface area contributed by atoms with Crippen molar-refractivity contribution in [1.29, 1.82) is 0 Å². The molecule has 0 saturated heterocycles. The highest BCUT2D eigenvalue weighted by Gasteiger charge is 2.33. The first-order valence-electron chi connectivity index (χ1n) is 8.44. The van der Waals surface area contributed by atoms with E-state index in [1.54, 1.807) is 0 Å². The van der Waals surface area contributed by atoms with Crippen LogP contribution in [0, 0.1) is 0 Å². The lowest BCUT2D eigenvalue weighted by Gasteiger charge is -2.33. The van der Waals surface area contributed by atoms with Crippen molar-refractivity contribution >= 4 is 5.78 Å². The number of Topliss-reactive ketones (excluding diaryl/α,β-unsaturated/α-hetero) is 1. The number of hydrogen-bond acceptors (Lipinski definition) is 3. The third kappa shape index (κ3) is 5.54. The van der Waals surface area contributed by atoms with Gasteiger partial charge in [-0.05, 0) is 51.9 Å². The van der Waals surface area contributed by atoms with Gasteiger partial charge in [-0.2, -0.15) is 0 Å². The summed E-state index contributed by atoms with van der Waals surface area (Å²) in [6.07, 6.45) is 6.16. The lowest BCUT2D eigenvalue weighted by atomic mass is 9.87. The molecule has 0 amide bonds. The number of ether oxygens (including phenoxy) is 1. The van der Waals surface area contributed by atoms with Crippen LogP contribution in [0.4, 0.5) is 0 Å². The van der Waals surface area contributed by atoms with Gasteiger partial charge in [-0.25, -0.2) is 0 Å². The minimum atomic E-state index is -0.153. The Morgan fingerprint density at radius 2 is 1.91 bits per heavy atom. The standard InChI is InChI=1S/C19H29NO2/c1-20(2)14-7-15-22-19(12-6-10-18(21)11-13-19)16-17-8-4-3-5-9-17/h3-5,8-9H,6-7,10-16H2,1-2H3. The van der Waals surface area contributed by atoms with Gasteiger partial charge in [0.1, 0.15) is 5.78 Å². The number of carbonyl (C=O) groups excluding carboxylic acids is 1. The summed E-state index contributed by atoms with van der Waals surface area (Å²) in [6, 6.07) is 10.5. The molecule has 1 aromatic rings. The van der Waals surface area contributed by atoms with Gasteiger partial charge >= 0.3 is 0 Å². The SMILES string of the molecule is CN(C)CCCOC1(Cc2ccccc2)CCCC(=O)CC1. The molecule has 0 bridgehead atoms. The highest BCUT2D eigenvalue weighted by atomic mass is 16.5. The van der Waals surface area contributed by atoms with E-state index in [0.717, 1.165) is 51.7 Å². The molecule has 122 valence electrons. The topological polar surface area (TPSA) is 29.5 Å². The third-order valence-electron chi connectivity index (χ3n) is 4.47. The average Bonchev–Trinajstić information content (AvgIpc) is 2.67. The lowest BCUT2D eigenvalue weighted by Crippen LogP contribution is -2.35. The van der Waals surface area contributed by atoms with Gasteiger partial charge in [-0.1, -0.05) is 30.3 Å². The fourth-order valence-corrected chi connectivity index (χ4v) is 3.23. The number of nitrogens with zero attached hydrogens (tertiary/aromatic N) is 1. The van der Waals surface area contributed by atoms with E-state index in [0.29, 0.717) is 12.2 Å². The lowest BCUT2D eigenvalue weighted by molar-refractivity contribution is -0.119. The van der Waals surface area contributed by atoms with E-state index in [4.69, 9.17) is 4.74 Å². The van der Waals surface area contributed by atoms with Gasteiger partial charge in [0, 0.05) is 25.9 Å². The Labute approximate surface area is 134 Å². The van der Waals surface area contributed by atoms with Crippen molar-refractivity contribution in [2.24, 2.45) is 0 Å². The fourth-order valence-electron chi connectivity index (χ4n) is 3.23. The van der Waals surface area contributed by atoms with Gasteiger partial charge in [0.2, 0.25) is 0 Å². The largest absolute Gasteiger partial charge is 0.375 e. The van der Waals surface area contributed by atoms with Crippen LogP contribution >= 0.6 is 0 Å². The maximum absolute atomic E-state index is 11.8. The summed E-state index contributed by atoms with van der Waals surface area (Å²) in [5.41, 5.74) is 1.16. The zero-order valence-corrected chi connectivity index (χ0v) is 14.0. The first-order valence-corrected chi connectivity index (χ1v) is 8.44. The van der Waals surface area contributed by atoms with Gasteiger partial charge in [0.05, 0.1) is 5.60 Å². The Bertz CT molecular complexity index is 458. The highest BCUT2D eigenvalue weighted by Crippen LogP contribution is 2.33. The zero-order chi connectivity index (χ0) is 15.8. The molecular formula is C19H29NO2. The minimum absolute atomic E-state index is 0.153. The Morgan fingerprint density at radius 1 is 1.14 bits per heavy atom. The van der Waals surface area contributed by atoms with Gasteiger partial charge in [-0.3, -0.25) is 4.79 Å². The van der Waals surface area contributed by atoms with Crippen molar-refractivity contribution in [3.63, 3.8) is 0 Å². The monoisotopic (exact) mass is 303 g/mol. The summed E-state index contributed by atoms with van der Waals surface area (Å²) in [7, 11) is 4.17. The third-order valence-corrected chi connectivity index (χ3v) is 4.47. The van der Waals surface area contributed by atoms with E-state index in [9.17, 15) is 4.79 Å².